The second kappa shape index (κ2) is 5.04. The van der Waals surface area contributed by atoms with E-state index in [-0.39, 0.29) is 18.1 Å². The number of aromatic nitrogens is 2. The molecule has 1 aromatic heterocycles. The minimum atomic E-state index is -0.619. The van der Waals surface area contributed by atoms with Crippen LogP contribution in [0.1, 0.15) is 17.0 Å². The first kappa shape index (κ1) is 11.1. The Balaban J connectivity index is 2.77. The van der Waals surface area contributed by atoms with Crippen LogP contribution < -0.4 is 4.74 Å². The number of ketones is 1. The molecule has 6 heteroatoms. The van der Waals surface area contributed by atoms with Crippen LogP contribution in [-0.2, 0) is 9.53 Å². The van der Waals surface area contributed by atoms with Gasteiger partial charge in [-0.1, -0.05) is 0 Å². The van der Waals surface area contributed by atoms with Gasteiger partial charge in [0.25, 0.3) is 0 Å². The van der Waals surface area contributed by atoms with Crippen molar-refractivity contribution in [3.63, 3.8) is 0 Å². The maximum Gasteiger partial charge on any atom is 0.313 e. The smallest absolute Gasteiger partial charge is 0.313 e. The van der Waals surface area contributed by atoms with Gasteiger partial charge in [-0.3, -0.25) is 9.59 Å². The van der Waals surface area contributed by atoms with Gasteiger partial charge in [-0.05, 0) is 0 Å². The molecule has 1 aromatic rings. The van der Waals surface area contributed by atoms with Crippen LogP contribution in [0.5, 0.6) is 5.88 Å². The molecule has 0 bridgehead atoms. The van der Waals surface area contributed by atoms with E-state index in [2.05, 4.69) is 14.7 Å². The minimum Gasteiger partial charge on any atom is -0.481 e. The minimum absolute atomic E-state index is 0.0558. The molecule has 0 saturated heterocycles. The van der Waals surface area contributed by atoms with Crippen LogP contribution in [0.4, 0.5) is 0 Å². The number of hydrogen-bond donors (Lipinski definition) is 0. The van der Waals surface area contributed by atoms with E-state index in [4.69, 9.17) is 4.74 Å². The summed E-state index contributed by atoms with van der Waals surface area (Å²) in [5.41, 5.74) is 0. The van der Waals surface area contributed by atoms with Crippen molar-refractivity contribution < 1.29 is 19.1 Å². The zero-order valence-electron chi connectivity index (χ0n) is 8.39. The summed E-state index contributed by atoms with van der Waals surface area (Å²) in [6, 6.07) is 1.51. The second-order valence-corrected chi connectivity index (χ2v) is 2.60. The summed E-state index contributed by atoms with van der Waals surface area (Å²) >= 11 is 0. The third kappa shape index (κ3) is 3.01. The molecule has 0 aliphatic rings. The third-order valence-electron chi connectivity index (χ3n) is 1.62. The van der Waals surface area contributed by atoms with Gasteiger partial charge in [0.1, 0.15) is 6.42 Å². The third-order valence-corrected chi connectivity index (χ3v) is 1.62. The molecule has 0 aromatic carbocycles. The number of ether oxygens (including phenoxy) is 2. The molecule has 0 fully saturated rings. The average molecular weight is 210 g/mol. The first-order valence-electron chi connectivity index (χ1n) is 4.14. The summed E-state index contributed by atoms with van der Waals surface area (Å²) in [6.45, 7) is 0. The number of nitrogens with zero attached hydrogens (tertiary/aromatic N) is 2. The van der Waals surface area contributed by atoms with Crippen LogP contribution in [0, 0.1) is 0 Å². The van der Waals surface area contributed by atoms with Gasteiger partial charge in [0.2, 0.25) is 11.7 Å². The van der Waals surface area contributed by atoms with Crippen molar-refractivity contribution in [3.05, 3.63) is 18.1 Å². The number of methoxy groups -OCH3 is 2. The van der Waals surface area contributed by atoms with Crippen molar-refractivity contribution in [2.45, 2.75) is 6.42 Å². The molecule has 80 valence electrons. The van der Waals surface area contributed by atoms with Gasteiger partial charge in [0, 0.05) is 12.3 Å². The Labute approximate surface area is 86.2 Å². The quantitative estimate of drug-likeness (QED) is 0.402. The Morgan fingerprint density at radius 1 is 1.40 bits per heavy atom. The Kier molecular flexibility index (Phi) is 3.73. The van der Waals surface area contributed by atoms with E-state index in [0.717, 1.165) is 0 Å². The molecular weight excluding hydrogens is 200 g/mol. The maximum absolute atomic E-state index is 11.4. The molecular formula is C9H10N2O4. The van der Waals surface area contributed by atoms with Crippen molar-refractivity contribution in [3.8, 4) is 5.88 Å². The molecule has 0 saturated carbocycles. The molecule has 0 amide bonds. The van der Waals surface area contributed by atoms with Crippen molar-refractivity contribution in [1.82, 2.24) is 9.97 Å². The molecule has 0 N–H and O–H groups in total. The highest BCUT2D eigenvalue weighted by Gasteiger charge is 2.15. The van der Waals surface area contributed by atoms with Crippen LogP contribution >= 0.6 is 0 Å². The summed E-state index contributed by atoms with van der Waals surface area (Å²) in [7, 11) is 2.64. The van der Waals surface area contributed by atoms with E-state index in [9.17, 15) is 9.59 Å². The molecule has 0 radical (unpaired) electrons. The highest BCUT2D eigenvalue weighted by Crippen LogP contribution is 2.05. The van der Waals surface area contributed by atoms with Crippen LogP contribution in [0.3, 0.4) is 0 Å². The largest absolute Gasteiger partial charge is 0.481 e. The standard InChI is InChI=1S/C9H10N2O4/c1-14-7-3-4-10-9(11-7)6(12)5-8(13)15-2/h3-4H,5H2,1-2H3. The second-order valence-electron chi connectivity index (χ2n) is 2.60. The van der Waals surface area contributed by atoms with Gasteiger partial charge < -0.3 is 9.47 Å². The van der Waals surface area contributed by atoms with Crippen molar-refractivity contribution in [2.24, 2.45) is 0 Å². The van der Waals surface area contributed by atoms with Crippen molar-refractivity contribution in [2.75, 3.05) is 14.2 Å². The number of carbonyl (C=O) groups is 2. The fraction of sp³-hybridized carbons (Fsp3) is 0.333. The van der Waals surface area contributed by atoms with E-state index < -0.39 is 11.8 Å². The summed E-state index contributed by atoms with van der Waals surface area (Å²) in [6.07, 6.45) is 1.01. The van der Waals surface area contributed by atoms with Crippen molar-refractivity contribution in [1.29, 1.82) is 0 Å². The molecule has 0 spiro atoms. The first-order chi connectivity index (χ1) is 7.17. The average Bonchev–Trinajstić information content (AvgIpc) is 2.28. The van der Waals surface area contributed by atoms with E-state index >= 15 is 0 Å². The van der Waals surface area contributed by atoms with Gasteiger partial charge in [-0.25, -0.2) is 4.98 Å². The molecule has 0 aliphatic heterocycles. The lowest BCUT2D eigenvalue weighted by atomic mass is 10.2. The van der Waals surface area contributed by atoms with Gasteiger partial charge in [-0.15, -0.1) is 0 Å². The summed E-state index contributed by atoms with van der Waals surface area (Å²) in [5, 5.41) is 0. The fourth-order valence-corrected chi connectivity index (χ4v) is 0.872. The van der Waals surface area contributed by atoms with E-state index in [1.54, 1.807) is 0 Å². The lowest BCUT2D eigenvalue weighted by Gasteiger charge is -2.00. The lowest BCUT2D eigenvalue weighted by Crippen LogP contribution is -2.12. The molecule has 1 rings (SSSR count). The predicted molar refractivity (Wildman–Crippen MR) is 49.5 cm³/mol. The highest BCUT2D eigenvalue weighted by molar-refractivity contribution is 6.03. The predicted octanol–water partition coefficient (Wildman–Crippen LogP) is 0.231. The monoisotopic (exact) mass is 210 g/mol. The number of rotatable bonds is 4. The van der Waals surface area contributed by atoms with Gasteiger partial charge >= 0.3 is 5.97 Å². The number of Topliss-reactive ketones (excluding diaryl/α,β-unsaturated/α-hetero) is 1. The Bertz CT molecular complexity index is 378. The van der Waals surface area contributed by atoms with E-state index in [1.165, 1.54) is 26.5 Å². The number of hydrogen-bond acceptors (Lipinski definition) is 6. The van der Waals surface area contributed by atoms with Gasteiger partial charge in [0.05, 0.1) is 14.2 Å². The SMILES string of the molecule is COC(=O)CC(=O)c1nccc(OC)n1. The first-order valence-corrected chi connectivity index (χ1v) is 4.14. The van der Waals surface area contributed by atoms with Crippen LogP contribution in [0.2, 0.25) is 0 Å². The van der Waals surface area contributed by atoms with Crippen molar-refractivity contribution >= 4 is 11.8 Å². The van der Waals surface area contributed by atoms with Gasteiger partial charge in [0.15, 0.2) is 5.82 Å². The van der Waals surface area contributed by atoms with E-state index in [0.29, 0.717) is 0 Å². The maximum atomic E-state index is 11.4. The van der Waals surface area contributed by atoms with Gasteiger partial charge in [-0.2, -0.15) is 4.98 Å². The fourth-order valence-electron chi connectivity index (χ4n) is 0.872. The number of esters is 1. The molecule has 0 unspecified atom stereocenters. The number of carbonyl (C=O) groups excluding carboxylic acids is 2. The Hall–Kier alpha value is -1.98. The Morgan fingerprint density at radius 3 is 2.73 bits per heavy atom. The van der Waals surface area contributed by atoms with Crippen LogP contribution in [0.25, 0.3) is 0 Å². The summed E-state index contributed by atoms with van der Waals surface area (Å²) in [4.78, 5) is 29.7. The zero-order valence-corrected chi connectivity index (χ0v) is 8.39. The zero-order chi connectivity index (χ0) is 11.3. The van der Waals surface area contributed by atoms with Crippen LogP contribution in [0.15, 0.2) is 12.3 Å². The topological polar surface area (TPSA) is 78.4 Å². The molecule has 0 aliphatic carbocycles. The molecule has 1 heterocycles. The normalized spacial score (nSPS) is 9.47. The highest BCUT2D eigenvalue weighted by atomic mass is 16.5. The van der Waals surface area contributed by atoms with E-state index in [1.807, 2.05) is 0 Å². The molecule has 15 heavy (non-hydrogen) atoms. The Morgan fingerprint density at radius 2 is 2.13 bits per heavy atom. The molecule has 6 nitrogen and oxygen atoms in total. The summed E-state index contributed by atoms with van der Waals surface area (Å²) < 4.78 is 9.17. The lowest BCUT2D eigenvalue weighted by molar-refractivity contribution is -0.139. The molecule has 0 atom stereocenters. The van der Waals surface area contributed by atoms with Crippen LogP contribution in [-0.4, -0.2) is 35.9 Å². The summed E-state index contributed by atoms with van der Waals surface area (Å²) in [5.74, 6) is -0.898.